The van der Waals surface area contributed by atoms with Crippen molar-refractivity contribution in [3.63, 3.8) is 0 Å². The normalized spacial score (nSPS) is 14.5. The summed E-state index contributed by atoms with van der Waals surface area (Å²) in [5.41, 5.74) is 4.08. The highest BCUT2D eigenvalue weighted by Gasteiger charge is 2.13. The monoisotopic (exact) mass is 312 g/mol. The molecule has 2 aromatic rings. The molecule has 0 fully saturated rings. The molecular formula is C18H24N4O. The van der Waals surface area contributed by atoms with Crippen LogP contribution >= 0.6 is 0 Å². The first-order chi connectivity index (χ1) is 11.3. The van der Waals surface area contributed by atoms with Crippen molar-refractivity contribution < 1.29 is 4.42 Å². The lowest BCUT2D eigenvalue weighted by molar-refractivity contribution is 0.501. The topological polar surface area (TPSA) is 52.8 Å². The number of benzene rings is 1. The lowest BCUT2D eigenvalue weighted by Gasteiger charge is -2.28. The molecule has 1 aromatic carbocycles. The molecule has 1 aromatic heterocycles. The first kappa shape index (κ1) is 15.5. The van der Waals surface area contributed by atoms with E-state index in [1.54, 1.807) is 13.3 Å². The molecule has 0 radical (unpaired) electrons. The van der Waals surface area contributed by atoms with Gasteiger partial charge in [0.2, 0.25) is 0 Å². The standard InChI is InChI=1S/C18H24N4O/c1-19-18(21-13-16-6-4-10-23-16)20-12-14-7-8-17-15(11-14)5-3-9-22(17)2/h4,6-8,10-11H,3,5,9,12-13H2,1-2H3,(H2,19,20,21). The smallest absolute Gasteiger partial charge is 0.191 e. The highest BCUT2D eigenvalue weighted by molar-refractivity contribution is 5.79. The second-order valence-corrected chi connectivity index (χ2v) is 5.85. The van der Waals surface area contributed by atoms with E-state index >= 15 is 0 Å². The highest BCUT2D eigenvalue weighted by Crippen LogP contribution is 2.26. The molecule has 0 atom stereocenters. The summed E-state index contributed by atoms with van der Waals surface area (Å²) in [6, 6.07) is 10.5. The van der Waals surface area contributed by atoms with Crippen LogP contribution < -0.4 is 15.5 Å². The Morgan fingerprint density at radius 3 is 2.91 bits per heavy atom. The van der Waals surface area contributed by atoms with Gasteiger partial charge in [-0.2, -0.15) is 0 Å². The van der Waals surface area contributed by atoms with Crippen LogP contribution in [0.4, 0.5) is 5.69 Å². The molecule has 0 spiro atoms. The van der Waals surface area contributed by atoms with E-state index in [4.69, 9.17) is 4.42 Å². The van der Waals surface area contributed by atoms with Crippen molar-refractivity contribution in [3.8, 4) is 0 Å². The third-order valence-corrected chi connectivity index (χ3v) is 4.19. The van der Waals surface area contributed by atoms with Gasteiger partial charge in [0.15, 0.2) is 5.96 Å². The fraction of sp³-hybridized carbons (Fsp3) is 0.389. The van der Waals surface area contributed by atoms with E-state index in [2.05, 4.69) is 45.8 Å². The number of anilines is 1. The van der Waals surface area contributed by atoms with Crippen LogP contribution in [-0.2, 0) is 19.5 Å². The molecule has 2 N–H and O–H groups in total. The van der Waals surface area contributed by atoms with Crippen molar-refractivity contribution in [3.05, 3.63) is 53.5 Å². The zero-order valence-corrected chi connectivity index (χ0v) is 13.8. The molecule has 1 aliphatic heterocycles. The first-order valence-corrected chi connectivity index (χ1v) is 8.06. The van der Waals surface area contributed by atoms with E-state index < -0.39 is 0 Å². The number of furan rings is 1. The number of nitrogens with zero attached hydrogens (tertiary/aromatic N) is 2. The van der Waals surface area contributed by atoms with Crippen LogP contribution in [0.1, 0.15) is 23.3 Å². The van der Waals surface area contributed by atoms with Crippen LogP contribution in [0.3, 0.4) is 0 Å². The molecule has 0 unspecified atom stereocenters. The molecule has 0 aliphatic carbocycles. The summed E-state index contributed by atoms with van der Waals surface area (Å²) in [5, 5.41) is 6.60. The zero-order chi connectivity index (χ0) is 16.1. The van der Waals surface area contributed by atoms with Gasteiger partial charge in [-0.3, -0.25) is 4.99 Å². The average molecular weight is 312 g/mol. The Bertz CT molecular complexity index is 664. The Kier molecular flexibility index (Phi) is 4.86. The number of nitrogens with one attached hydrogen (secondary N) is 2. The predicted octanol–water partition coefficient (Wildman–Crippen LogP) is 2.53. The molecule has 1 aliphatic rings. The van der Waals surface area contributed by atoms with Crippen molar-refractivity contribution in [2.45, 2.75) is 25.9 Å². The van der Waals surface area contributed by atoms with Gasteiger partial charge >= 0.3 is 0 Å². The molecule has 5 heteroatoms. The van der Waals surface area contributed by atoms with Gasteiger partial charge in [0, 0.05) is 32.9 Å². The van der Waals surface area contributed by atoms with Crippen molar-refractivity contribution in [2.75, 3.05) is 25.5 Å². The summed E-state index contributed by atoms with van der Waals surface area (Å²) in [6.45, 7) is 2.53. The fourth-order valence-corrected chi connectivity index (χ4v) is 2.94. The summed E-state index contributed by atoms with van der Waals surface area (Å²) in [7, 11) is 3.94. The van der Waals surface area contributed by atoms with E-state index in [1.807, 2.05) is 12.1 Å². The molecule has 23 heavy (non-hydrogen) atoms. The minimum absolute atomic E-state index is 0.627. The second-order valence-electron chi connectivity index (χ2n) is 5.85. The van der Waals surface area contributed by atoms with Gasteiger partial charge in [0.05, 0.1) is 12.8 Å². The van der Waals surface area contributed by atoms with E-state index in [9.17, 15) is 0 Å². The second kappa shape index (κ2) is 7.22. The molecule has 0 saturated heterocycles. The van der Waals surface area contributed by atoms with Crippen molar-refractivity contribution in [1.82, 2.24) is 10.6 Å². The van der Waals surface area contributed by atoms with Crippen LogP contribution in [0, 0.1) is 0 Å². The number of fused-ring (bicyclic) bond motifs is 1. The Labute approximate surface area is 137 Å². The quantitative estimate of drug-likeness (QED) is 0.673. The van der Waals surface area contributed by atoms with Gasteiger partial charge in [-0.25, -0.2) is 0 Å². The lowest BCUT2D eigenvalue weighted by atomic mass is 9.99. The third kappa shape index (κ3) is 3.86. The van der Waals surface area contributed by atoms with E-state index in [0.29, 0.717) is 6.54 Å². The Morgan fingerprint density at radius 1 is 1.26 bits per heavy atom. The van der Waals surface area contributed by atoms with E-state index in [-0.39, 0.29) is 0 Å². The Balaban J connectivity index is 1.56. The van der Waals surface area contributed by atoms with Crippen LogP contribution in [0.2, 0.25) is 0 Å². The van der Waals surface area contributed by atoms with Crippen LogP contribution in [-0.4, -0.2) is 26.6 Å². The van der Waals surface area contributed by atoms with E-state index in [1.165, 1.54) is 29.7 Å². The maximum atomic E-state index is 5.31. The molecule has 122 valence electrons. The van der Waals surface area contributed by atoms with Gasteiger partial charge in [-0.05, 0) is 42.2 Å². The Hall–Kier alpha value is -2.43. The molecule has 0 saturated carbocycles. The first-order valence-electron chi connectivity index (χ1n) is 8.06. The summed E-state index contributed by atoms with van der Waals surface area (Å²) in [5.74, 6) is 1.67. The molecular weight excluding hydrogens is 288 g/mol. The minimum Gasteiger partial charge on any atom is -0.467 e. The van der Waals surface area contributed by atoms with Gasteiger partial charge in [-0.15, -0.1) is 0 Å². The van der Waals surface area contributed by atoms with Crippen LogP contribution in [0.25, 0.3) is 0 Å². The molecule has 5 nitrogen and oxygen atoms in total. The van der Waals surface area contributed by atoms with Gasteiger partial charge in [-0.1, -0.05) is 12.1 Å². The van der Waals surface area contributed by atoms with Crippen LogP contribution in [0.15, 0.2) is 46.0 Å². The zero-order valence-electron chi connectivity index (χ0n) is 13.8. The van der Waals surface area contributed by atoms with Crippen molar-refractivity contribution in [2.24, 2.45) is 4.99 Å². The molecule has 3 rings (SSSR count). The average Bonchev–Trinajstić information content (AvgIpc) is 3.08. The minimum atomic E-state index is 0.627. The van der Waals surface area contributed by atoms with Gasteiger partial charge < -0.3 is 20.0 Å². The maximum Gasteiger partial charge on any atom is 0.191 e. The maximum absolute atomic E-state index is 5.31. The molecule has 0 amide bonds. The largest absolute Gasteiger partial charge is 0.467 e. The Morgan fingerprint density at radius 2 is 2.13 bits per heavy atom. The lowest BCUT2D eigenvalue weighted by Crippen LogP contribution is -2.36. The summed E-state index contributed by atoms with van der Waals surface area (Å²) in [4.78, 5) is 6.58. The summed E-state index contributed by atoms with van der Waals surface area (Å²) >= 11 is 0. The van der Waals surface area contributed by atoms with Crippen molar-refractivity contribution in [1.29, 1.82) is 0 Å². The number of aliphatic imine (C=N–C) groups is 1. The summed E-state index contributed by atoms with van der Waals surface area (Å²) < 4.78 is 5.31. The number of guanidine groups is 1. The number of rotatable bonds is 4. The fourth-order valence-electron chi connectivity index (χ4n) is 2.94. The predicted molar refractivity (Wildman–Crippen MR) is 93.8 cm³/mol. The van der Waals surface area contributed by atoms with E-state index in [0.717, 1.165) is 24.8 Å². The third-order valence-electron chi connectivity index (χ3n) is 4.19. The van der Waals surface area contributed by atoms with Gasteiger partial charge in [0.25, 0.3) is 0 Å². The molecule has 0 bridgehead atoms. The molecule has 2 heterocycles. The van der Waals surface area contributed by atoms with Crippen molar-refractivity contribution >= 4 is 11.6 Å². The van der Waals surface area contributed by atoms with Crippen LogP contribution in [0.5, 0.6) is 0 Å². The number of aryl methyl sites for hydroxylation is 1. The number of hydrogen-bond acceptors (Lipinski definition) is 3. The van der Waals surface area contributed by atoms with Gasteiger partial charge in [0.1, 0.15) is 5.76 Å². The highest BCUT2D eigenvalue weighted by atomic mass is 16.3. The summed E-state index contributed by atoms with van der Waals surface area (Å²) in [6.07, 6.45) is 4.07. The SMILES string of the molecule is CN=C(NCc1ccc2c(c1)CCCN2C)NCc1ccco1. The number of hydrogen-bond donors (Lipinski definition) is 2.